The van der Waals surface area contributed by atoms with E-state index < -0.39 is 6.29 Å². The number of ether oxygens (including phenoxy) is 6. The van der Waals surface area contributed by atoms with Gasteiger partial charge in [-0.25, -0.2) is 0 Å². The van der Waals surface area contributed by atoms with Crippen LogP contribution < -0.4 is 0 Å². The smallest absolute Gasteiger partial charge is 0.187 e. The summed E-state index contributed by atoms with van der Waals surface area (Å²) in [6.45, 7) is 4.31. The van der Waals surface area contributed by atoms with Crippen LogP contribution in [0.2, 0.25) is 0 Å². The van der Waals surface area contributed by atoms with Gasteiger partial charge in [0, 0.05) is 28.4 Å². The van der Waals surface area contributed by atoms with Gasteiger partial charge in [0.15, 0.2) is 6.29 Å². The first-order valence-corrected chi connectivity index (χ1v) is 6.47. The van der Waals surface area contributed by atoms with Crippen molar-refractivity contribution in [2.24, 2.45) is 0 Å². The fourth-order valence-corrected chi connectivity index (χ4v) is 2.36. The molecule has 1 saturated heterocycles. The van der Waals surface area contributed by atoms with Crippen LogP contribution in [0.4, 0.5) is 0 Å². The van der Waals surface area contributed by atoms with E-state index in [-0.39, 0.29) is 30.5 Å². The highest BCUT2D eigenvalue weighted by Crippen LogP contribution is 2.28. The minimum atomic E-state index is -0.499. The Bertz CT molecular complexity index is 247. The molecule has 6 heteroatoms. The highest BCUT2D eigenvalue weighted by Gasteiger charge is 2.47. The molecule has 0 aromatic heterocycles. The lowest BCUT2D eigenvalue weighted by Gasteiger charge is -2.44. The van der Waals surface area contributed by atoms with Crippen molar-refractivity contribution in [1.29, 1.82) is 0 Å². The molecule has 1 aliphatic heterocycles. The van der Waals surface area contributed by atoms with E-state index in [1.54, 1.807) is 28.4 Å². The zero-order valence-corrected chi connectivity index (χ0v) is 12.6. The van der Waals surface area contributed by atoms with Gasteiger partial charge >= 0.3 is 0 Å². The average molecular weight is 278 g/mol. The van der Waals surface area contributed by atoms with Crippen LogP contribution in [0.5, 0.6) is 0 Å². The Hall–Kier alpha value is -0.240. The van der Waals surface area contributed by atoms with Crippen molar-refractivity contribution < 1.29 is 28.4 Å². The third-order valence-electron chi connectivity index (χ3n) is 3.14. The SMILES string of the molecule is COC[C@H]1OC(OC(C)C)[C@@H](OC)[C@@H](OC)[C@@H]1OC. The summed E-state index contributed by atoms with van der Waals surface area (Å²) >= 11 is 0. The molecule has 0 aliphatic carbocycles. The summed E-state index contributed by atoms with van der Waals surface area (Å²) in [5.41, 5.74) is 0. The zero-order chi connectivity index (χ0) is 14.4. The van der Waals surface area contributed by atoms with Gasteiger partial charge < -0.3 is 28.4 Å². The molecule has 0 N–H and O–H groups in total. The van der Waals surface area contributed by atoms with Crippen molar-refractivity contribution >= 4 is 0 Å². The molecule has 114 valence electrons. The van der Waals surface area contributed by atoms with E-state index in [4.69, 9.17) is 28.4 Å². The number of rotatable bonds is 7. The molecular weight excluding hydrogens is 252 g/mol. The van der Waals surface area contributed by atoms with E-state index >= 15 is 0 Å². The highest BCUT2D eigenvalue weighted by atomic mass is 16.7. The molecule has 1 aliphatic rings. The highest BCUT2D eigenvalue weighted by molar-refractivity contribution is 4.92. The summed E-state index contributed by atoms with van der Waals surface area (Å²) in [5.74, 6) is 0. The predicted molar refractivity (Wildman–Crippen MR) is 69.1 cm³/mol. The van der Waals surface area contributed by atoms with Crippen LogP contribution in [-0.2, 0) is 28.4 Å². The monoisotopic (exact) mass is 278 g/mol. The normalized spacial score (nSPS) is 35.8. The molecular formula is C13H26O6. The Balaban J connectivity index is 2.88. The fourth-order valence-electron chi connectivity index (χ4n) is 2.36. The second-order valence-corrected chi connectivity index (χ2v) is 4.78. The van der Waals surface area contributed by atoms with Crippen LogP contribution in [-0.4, -0.2) is 71.9 Å². The molecule has 6 nitrogen and oxygen atoms in total. The van der Waals surface area contributed by atoms with Crippen molar-refractivity contribution in [3.8, 4) is 0 Å². The Morgan fingerprint density at radius 2 is 1.47 bits per heavy atom. The van der Waals surface area contributed by atoms with Crippen molar-refractivity contribution in [3.05, 3.63) is 0 Å². The molecule has 1 rings (SSSR count). The lowest BCUT2D eigenvalue weighted by atomic mass is 9.98. The topological polar surface area (TPSA) is 55.4 Å². The predicted octanol–water partition coefficient (Wildman–Crippen LogP) is 0.828. The van der Waals surface area contributed by atoms with E-state index in [0.717, 1.165) is 0 Å². The van der Waals surface area contributed by atoms with Crippen molar-refractivity contribution in [3.63, 3.8) is 0 Å². The Morgan fingerprint density at radius 3 is 1.89 bits per heavy atom. The standard InChI is InChI=1S/C13H26O6/c1-8(2)18-13-12(17-6)11(16-5)10(15-4)9(19-13)7-14-3/h8-13H,7H2,1-6H3/t9-,10-,11+,12+,13?/m1/s1. The van der Waals surface area contributed by atoms with Gasteiger partial charge in [-0.05, 0) is 13.8 Å². The molecule has 5 atom stereocenters. The van der Waals surface area contributed by atoms with Crippen LogP contribution in [0.1, 0.15) is 13.8 Å². The van der Waals surface area contributed by atoms with Gasteiger partial charge in [0.2, 0.25) is 0 Å². The molecule has 1 fully saturated rings. The van der Waals surface area contributed by atoms with E-state index in [1.807, 2.05) is 13.8 Å². The molecule has 0 aromatic rings. The number of hydrogen-bond donors (Lipinski definition) is 0. The molecule has 1 unspecified atom stereocenters. The van der Waals surface area contributed by atoms with Crippen LogP contribution in [0.15, 0.2) is 0 Å². The molecule has 0 bridgehead atoms. The summed E-state index contributed by atoms with van der Waals surface area (Å²) in [5, 5.41) is 0. The zero-order valence-electron chi connectivity index (χ0n) is 12.6. The minimum Gasteiger partial charge on any atom is -0.382 e. The maximum Gasteiger partial charge on any atom is 0.187 e. The van der Waals surface area contributed by atoms with Crippen molar-refractivity contribution in [2.75, 3.05) is 35.0 Å². The second kappa shape index (κ2) is 8.14. The Labute approximate surface area is 115 Å². The quantitative estimate of drug-likeness (QED) is 0.687. The third-order valence-corrected chi connectivity index (χ3v) is 3.14. The van der Waals surface area contributed by atoms with Crippen LogP contribution in [0, 0.1) is 0 Å². The summed E-state index contributed by atoms with van der Waals surface area (Å²) in [6, 6.07) is 0. The first kappa shape index (κ1) is 16.8. The van der Waals surface area contributed by atoms with Crippen LogP contribution in [0.3, 0.4) is 0 Å². The van der Waals surface area contributed by atoms with Gasteiger partial charge in [-0.2, -0.15) is 0 Å². The van der Waals surface area contributed by atoms with Crippen LogP contribution in [0.25, 0.3) is 0 Å². The van der Waals surface area contributed by atoms with Gasteiger partial charge in [0.25, 0.3) is 0 Å². The Morgan fingerprint density at radius 1 is 0.895 bits per heavy atom. The molecule has 1 heterocycles. The van der Waals surface area contributed by atoms with E-state index in [0.29, 0.717) is 6.61 Å². The number of methoxy groups -OCH3 is 4. The summed E-state index contributed by atoms with van der Waals surface area (Å²) < 4.78 is 33.3. The molecule has 0 amide bonds. The second-order valence-electron chi connectivity index (χ2n) is 4.78. The van der Waals surface area contributed by atoms with Crippen molar-refractivity contribution in [2.45, 2.75) is 50.7 Å². The lowest BCUT2D eigenvalue weighted by molar-refractivity contribution is -0.319. The lowest BCUT2D eigenvalue weighted by Crippen LogP contribution is -2.61. The van der Waals surface area contributed by atoms with E-state index in [1.165, 1.54) is 0 Å². The van der Waals surface area contributed by atoms with Crippen molar-refractivity contribution in [1.82, 2.24) is 0 Å². The van der Waals surface area contributed by atoms with Gasteiger partial charge in [0.05, 0.1) is 12.7 Å². The first-order chi connectivity index (χ1) is 9.08. The maximum atomic E-state index is 5.90. The van der Waals surface area contributed by atoms with Gasteiger partial charge in [-0.15, -0.1) is 0 Å². The van der Waals surface area contributed by atoms with Gasteiger partial charge in [0.1, 0.15) is 24.4 Å². The maximum absolute atomic E-state index is 5.90. The Kier molecular flexibility index (Phi) is 7.20. The fraction of sp³-hybridized carbons (Fsp3) is 1.00. The summed E-state index contributed by atoms with van der Waals surface area (Å²) in [4.78, 5) is 0. The van der Waals surface area contributed by atoms with Crippen LogP contribution >= 0.6 is 0 Å². The number of hydrogen-bond acceptors (Lipinski definition) is 6. The largest absolute Gasteiger partial charge is 0.382 e. The van der Waals surface area contributed by atoms with E-state index in [2.05, 4.69) is 0 Å². The molecule has 0 spiro atoms. The average Bonchev–Trinajstić information content (AvgIpc) is 2.37. The van der Waals surface area contributed by atoms with E-state index in [9.17, 15) is 0 Å². The molecule has 0 saturated carbocycles. The van der Waals surface area contributed by atoms with Gasteiger partial charge in [-0.1, -0.05) is 0 Å². The van der Waals surface area contributed by atoms with Gasteiger partial charge in [-0.3, -0.25) is 0 Å². The molecule has 0 radical (unpaired) electrons. The summed E-state index contributed by atoms with van der Waals surface area (Å²) in [6.07, 6.45) is -1.60. The molecule has 19 heavy (non-hydrogen) atoms. The third kappa shape index (κ3) is 4.11. The minimum absolute atomic E-state index is 0.0300. The summed E-state index contributed by atoms with van der Waals surface area (Å²) in [7, 11) is 6.49. The molecule has 0 aromatic carbocycles. The first-order valence-electron chi connectivity index (χ1n) is 6.47.